The van der Waals surface area contributed by atoms with Gasteiger partial charge in [-0.05, 0) is 53.3 Å². The lowest BCUT2D eigenvalue weighted by atomic mass is 9.95. The molecule has 5 aromatic rings. The fourth-order valence-electron chi connectivity index (χ4n) is 4.91. The van der Waals surface area contributed by atoms with E-state index in [1.54, 1.807) is 36.0 Å². The summed E-state index contributed by atoms with van der Waals surface area (Å²) in [6.07, 6.45) is 1.86. The van der Waals surface area contributed by atoms with Crippen molar-refractivity contribution in [2.75, 3.05) is 7.11 Å². The monoisotopic (exact) mass is 608 g/mol. The number of carbonyl (C=O) groups excluding carboxylic acids is 1. The van der Waals surface area contributed by atoms with Gasteiger partial charge in [0.15, 0.2) is 16.3 Å². The molecule has 3 aromatic carbocycles. The molecule has 1 atom stereocenters. The van der Waals surface area contributed by atoms with E-state index >= 15 is 0 Å². The molecule has 0 N–H and O–H groups in total. The Morgan fingerprint density at radius 2 is 1.65 bits per heavy atom. The molecule has 9 heteroatoms. The summed E-state index contributed by atoms with van der Waals surface area (Å²) in [4.78, 5) is 33.8. The van der Waals surface area contributed by atoms with E-state index in [0.29, 0.717) is 44.3 Å². The fourth-order valence-corrected chi connectivity index (χ4v) is 6.68. The molecule has 0 aliphatic carbocycles. The molecule has 0 radical (unpaired) electrons. The van der Waals surface area contributed by atoms with Crippen LogP contribution in [-0.2, 0) is 22.7 Å². The third-order valence-electron chi connectivity index (χ3n) is 7.01. The summed E-state index contributed by atoms with van der Waals surface area (Å²) in [6, 6.07) is 27.9. The quantitative estimate of drug-likeness (QED) is 0.203. The Labute approximate surface area is 256 Å². The van der Waals surface area contributed by atoms with Gasteiger partial charge in [-0.15, -0.1) is 11.3 Å². The third kappa shape index (κ3) is 6.09. The van der Waals surface area contributed by atoms with Crippen LogP contribution in [0.2, 0.25) is 0 Å². The normalized spacial score (nSPS) is 14.7. The maximum absolute atomic E-state index is 13.9. The Balaban J connectivity index is 1.42. The molecule has 1 aliphatic heterocycles. The molecule has 2 aromatic heterocycles. The highest BCUT2D eigenvalue weighted by Crippen LogP contribution is 2.36. The maximum Gasteiger partial charge on any atom is 0.338 e. The smallest absolute Gasteiger partial charge is 0.338 e. The number of ether oxygens (including phenoxy) is 3. The second-order valence-corrected chi connectivity index (χ2v) is 11.8. The number of esters is 1. The molecule has 0 spiro atoms. The lowest BCUT2D eigenvalue weighted by molar-refractivity contribution is -0.140. The van der Waals surface area contributed by atoms with E-state index < -0.39 is 12.0 Å². The Bertz CT molecular complexity index is 1960. The van der Waals surface area contributed by atoms with Gasteiger partial charge in [0.1, 0.15) is 13.2 Å². The van der Waals surface area contributed by atoms with Crippen LogP contribution in [-0.4, -0.2) is 17.6 Å². The van der Waals surface area contributed by atoms with Crippen LogP contribution in [0.1, 0.15) is 34.5 Å². The minimum atomic E-state index is -0.776. The van der Waals surface area contributed by atoms with Crippen molar-refractivity contribution in [3.63, 3.8) is 0 Å². The number of hydrogen-bond donors (Lipinski definition) is 0. The number of methoxy groups -OCH3 is 1. The van der Waals surface area contributed by atoms with Gasteiger partial charge in [0.2, 0.25) is 0 Å². The van der Waals surface area contributed by atoms with Crippen molar-refractivity contribution in [1.82, 2.24) is 4.57 Å². The molecule has 43 heavy (non-hydrogen) atoms. The Morgan fingerprint density at radius 3 is 2.33 bits per heavy atom. The standard InChI is InChI=1S/C34H28N2O5S2/c1-22-30(33(38)41-21-24-12-7-4-8-13-24)31(36-32(37)29(43-34(36)35-22)19-26-14-9-17-42-26)25-15-16-27(28(18-25)39-2)40-20-23-10-5-3-6-11-23/h3-19,31H,20-21H2,1-2H3. The Hall–Kier alpha value is -4.73. The first kappa shape index (κ1) is 28.4. The van der Waals surface area contributed by atoms with E-state index in [4.69, 9.17) is 19.2 Å². The van der Waals surface area contributed by atoms with Gasteiger partial charge in [-0.1, -0.05) is 84.1 Å². The van der Waals surface area contributed by atoms with Crippen LogP contribution >= 0.6 is 22.7 Å². The highest BCUT2D eigenvalue weighted by Gasteiger charge is 2.34. The first-order chi connectivity index (χ1) is 21.0. The second kappa shape index (κ2) is 12.6. The van der Waals surface area contributed by atoms with Gasteiger partial charge in [0.05, 0.1) is 29.0 Å². The molecular formula is C34H28N2O5S2. The van der Waals surface area contributed by atoms with Crippen molar-refractivity contribution in [3.8, 4) is 11.5 Å². The molecule has 216 valence electrons. The summed E-state index contributed by atoms with van der Waals surface area (Å²) in [5.41, 5.74) is 3.12. The van der Waals surface area contributed by atoms with Gasteiger partial charge in [0, 0.05) is 4.88 Å². The zero-order valence-electron chi connectivity index (χ0n) is 23.6. The molecule has 3 heterocycles. The van der Waals surface area contributed by atoms with Crippen molar-refractivity contribution in [3.05, 3.63) is 149 Å². The van der Waals surface area contributed by atoms with Crippen LogP contribution in [0.25, 0.3) is 6.08 Å². The number of fused-ring (bicyclic) bond motifs is 1. The summed E-state index contributed by atoms with van der Waals surface area (Å²) in [6.45, 7) is 2.24. The van der Waals surface area contributed by atoms with E-state index in [-0.39, 0.29) is 12.2 Å². The number of hydrogen-bond acceptors (Lipinski definition) is 8. The second-order valence-electron chi connectivity index (χ2n) is 9.84. The van der Waals surface area contributed by atoms with Gasteiger partial charge >= 0.3 is 5.97 Å². The van der Waals surface area contributed by atoms with E-state index in [0.717, 1.165) is 16.0 Å². The first-order valence-corrected chi connectivity index (χ1v) is 15.3. The molecule has 6 rings (SSSR count). The average molecular weight is 609 g/mol. The minimum absolute atomic E-state index is 0.0988. The van der Waals surface area contributed by atoms with Gasteiger partial charge in [-0.25, -0.2) is 9.79 Å². The predicted molar refractivity (Wildman–Crippen MR) is 168 cm³/mol. The third-order valence-corrected chi connectivity index (χ3v) is 8.81. The zero-order valence-corrected chi connectivity index (χ0v) is 25.2. The number of rotatable bonds is 9. The van der Waals surface area contributed by atoms with Crippen LogP contribution in [0.5, 0.6) is 11.5 Å². The molecule has 0 bridgehead atoms. The molecular weight excluding hydrogens is 581 g/mol. The number of thiophene rings is 1. The van der Waals surface area contributed by atoms with Crippen LogP contribution in [0, 0.1) is 0 Å². The topological polar surface area (TPSA) is 79.1 Å². The van der Waals surface area contributed by atoms with Gasteiger partial charge in [-0.3, -0.25) is 9.36 Å². The van der Waals surface area contributed by atoms with Crippen molar-refractivity contribution in [2.45, 2.75) is 26.2 Å². The predicted octanol–water partition coefficient (Wildman–Crippen LogP) is 5.63. The van der Waals surface area contributed by atoms with Crippen LogP contribution in [0.4, 0.5) is 0 Å². The summed E-state index contributed by atoms with van der Waals surface area (Å²) in [5, 5.41) is 1.96. The lowest BCUT2D eigenvalue weighted by Gasteiger charge is -2.25. The van der Waals surface area contributed by atoms with E-state index in [1.165, 1.54) is 11.3 Å². The number of benzene rings is 3. The summed E-state index contributed by atoms with van der Waals surface area (Å²) in [7, 11) is 1.57. The minimum Gasteiger partial charge on any atom is -0.493 e. The van der Waals surface area contributed by atoms with Gasteiger partial charge in [-0.2, -0.15) is 0 Å². The van der Waals surface area contributed by atoms with E-state index in [1.807, 2.05) is 96.4 Å². The molecule has 0 saturated carbocycles. The highest BCUT2D eigenvalue weighted by atomic mass is 32.1. The molecule has 1 unspecified atom stereocenters. The van der Waals surface area contributed by atoms with Crippen molar-refractivity contribution >= 4 is 34.7 Å². The molecule has 7 nitrogen and oxygen atoms in total. The molecule has 0 fully saturated rings. The van der Waals surface area contributed by atoms with E-state index in [2.05, 4.69) is 0 Å². The van der Waals surface area contributed by atoms with Crippen molar-refractivity contribution in [1.29, 1.82) is 0 Å². The molecule has 1 aliphatic rings. The number of nitrogens with zero attached hydrogens (tertiary/aromatic N) is 2. The number of allylic oxidation sites excluding steroid dienone is 1. The average Bonchev–Trinajstić information content (AvgIpc) is 3.66. The van der Waals surface area contributed by atoms with Gasteiger partial charge < -0.3 is 14.2 Å². The van der Waals surface area contributed by atoms with Crippen LogP contribution in [0.15, 0.2) is 117 Å². The zero-order chi connectivity index (χ0) is 29.8. The van der Waals surface area contributed by atoms with Crippen LogP contribution < -0.4 is 24.4 Å². The van der Waals surface area contributed by atoms with E-state index in [9.17, 15) is 9.59 Å². The Morgan fingerprint density at radius 1 is 0.930 bits per heavy atom. The van der Waals surface area contributed by atoms with Crippen LogP contribution in [0.3, 0.4) is 0 Å². The number of aromatic nitrogens is 1. The highest BCUT2D eigenvalue weighted by molar-refractivity contribution is 7.11. The summed E-state index contributed by atoms with van der Waals surface area (Å²) < 4.78 is 19.7. The SMILES string of the molecule is COc1cc(C2C(C(=O)OCc3ccccc3)=C(C)N=c3sc(=Cc4cccs4)c(=O)n32)ccc1OCc1ccccc1. The first-order valence-electron chi connectivity index (χ1n) is 13.6. The Kier molecular flexibility index (Phi) is 8.35. The van der Waals surface area contributed by atoms with Gasteiger partial charge in [0.25, 0.3) is 5.56 Å². The molecule has 0 amide bonds. The van der Waals surface area contributed by atoms with Crippen molar-refractivity contribution < 1.29 is 19.0 Å². The van der Waals surface area contributed by atoms with Crippen molar-refractivity contribution in [2.24, 2.45) is 4.99 Å². The largest absolute Gasteiger partial charge is 0.493 e. The molecule has 0 saturated heterocycles. The summed E-state index contributed by atoms with van der Waals surface area (Å²) in [5.74, 6) is 0.501. The lowest BCUT2D eigenvalue weighted by Crippen LogP contribution is -2.39. The fraction of sp³-hybridized carbons (Fsp3) is 0.147. The number of carbonyl (C=O) groups is 1. The number of thiazole rings is 1. The maximum atomic E-state index is 13.9. The summed E-state index contributed by atoms with van der Waals surface area (Å²) >= 11 is 2.84.